The monoisotopic (exact) mass is 375 g/mol. The summed E-state index contributed by atoms with van der Waals surface area (Å²) in [5.74, 6) is -10.7. The predicted octanol–water partition coefficient (Wildman–Crippen LogP) is 4.32. The van der Waals surface area contributed by atoms with Gasteiger partial charge in [-0.15, -0.1) is 0 Å². The first-order chi connectivity index (χ1) is 11.4. The number of rotatable bonds is 1. The molecule has 1 aliphatic rings. The molecule has 0 spiro atoms. The lowest BCUT2D eigenvalue weighted by Crippen LogP contribution is -2.46. The third-order valence-corrected chi connectivity index (χ3v) is 3.88. The van der Waals surface area contributed by atoms with Crippen LogP contribution in [0.25, 0.3) is 0 Å². The van der Waals surface area contributed by atoms with E-state index in [1.807, 2.05) is 0 Å². The molecule has 0 aliphatic carbocycles. The van der Waals surface area contributed by atoms with Crippen molar-refractivity contribution in [1.82, 2.24) is 4.98 Å². The summed E-state index contributed by atoms with van der Waals surface area (Å²) in [5.41, 5.74) is -2.57. The number of nitrogens with zero attached hydrogens (tertiary/aromatic N) is 1. The Hall–Kier alpha value is -1.42. The predicted molar refractivity (Wildman–Crippen MR) is 71.5 cm³/mol. The van der Waals surface area contributed by atoms with E-state index in [-0.39, 0.29) is 6.61 Å². The van der Waals surface area contributed by atoms with Crippen LogP contribution in [0.4, 0.5) is 30.7 Å². The van der Waals surface area contributed by atoms with Crippen LogP contribution in [0, 0.1) is 34.9 Å². The average molecular weight is 375 g/mol. The van der Waals surface area contributed by atoms with E-state index in [1.54, 1.807) is 0 Å². The van der Waals surface area contributed by atoms with Crippen LogP contribution in [0.15, 0.2) is 0 Å². The lowest BCUT2D eigenvalue weighted by Gasteiger charge is -2.39. The molecule has 1 aromatic heterocycles. The van der Waals surface area contributed by atoms with Gasteiger partial charge in [-0.3, -0.25) is 0 Å². The Morgan fingerprint density at radius 2 is 1.36 bits per heavy atom. The summed E-state index contributed by atoms with van der Waals surface area (Å²) in [5, 5.41) is 0. The standard InChI is InChI=1S/C15H16F7NO2/c1-14(2,3)11-7(15(20,21)22)10(24-4-5-25-11)6-8(16)12(18)23-13(19)9(6)17/h7,10-11H,4-5H2,1-3H3. The molecule has 1 aliphatic heterocycles. The highest BCUT2D eigenvalue weighted by atomic mass is 19.4. The molecule has 1 fully saturated rings. The van der Waals surface area contributed by atoms with Crippen LogP contribution < -0.4 is 0 Å². The molecule has 142 valence electrons. The van der Waals surface area contributed by atoms with E-state index in [0.717, 1.165) is 0 Å². The lowest BCUT2D eigenvalue weighted by atomic mass is 9.77. The van der Waals surface area contributed by atoms with Crippen molar-refractivity contribution >= 4 is 0 Å². The first-order valence-electron chi connectivity index (χ1n) is 7.35. The number of ether oxygens (including phenoxy) is 2. The smallest absolute Gasteiger partial charge is 0.375 e. The van der Waals surface area contributed by atoms with Crippen LogP contribution >= 0.6 is 0 Å². The molecule has 0 bridgehead atoms. The van der Waals surface area contributed by atoms with E-state index in [0.29, 0.717) is 0 Å². The summed E-state index contributed by atoms with van der Waals surface area (Å²) < 4.78 is 106. The highest BCUT2D eigenvalue weighted by Crippen LogP contribution is 2.48. The molecule has 0 N–H and O–H groups in total. The second kappa shape index (κ2) is 6.71. The van der Waals surface area contributed by atoms with E-state index in [4.69, 9.17) is 9.47 Å². The molecule has 0 radical (unpaired) electrons. The number of halogens is 7. The second-order valence-electron chi connectivity index (χ2n) is 6.75. The summed E-state index contributed by atoms with van der Waals surface area (Å²) in [6.07, 6.45) is -8.89. The maximum absolute atomic E-state index is 14.0. The first kappa shape index (κ1) is 19.9. The number of pyridine rings is 1. The van der Waals surface area contributed by atoms with Crippen molar-refractivity contribution < 1.29 is 40.2 Å². The molecular weight excluding hydrogens is 359 g/mol. The SMILES string of the molecule is CC(C)(C)C1OCCOC(c2c(F)c(F)nc(F)c2F)C1C(F)(F)F. The van der Waals surface area contributed by atoms with Crippen LogP contribution in [-0.2, 0) is 9.47 Å². The highest BCUT2D eigenvalue weighted by Gasteiger charge is 2.56. The largest absolute Gasteiger partial charge is 0.397 e. The molecule has 1 aromatic rings. The molecule has 3 unspecified atom stereocenters. The summed E-state index contributed by atoms with van der Waals surface area (Å²) in [7, 11) is 0. The molecule has 2 rings (SSSR count). The highest BCUT2D eigenvalue weighted by molar-refractivity contribution is 5.22. The van der Waals surface area contributed by atoms with Gasteiger partial charge in [0.2, 0.25) is 0 Å². The molecule has 0 aromatic carbocycles. The van der Waals surface area contributed by atoms with Gasteiger partial charge in [-0.05, 0) is 5.41 Å². The van der Waals surface area contributed by atoms with Gasteiger partial charge in [0.1, 0.15) is 12.0 Å². The third kappa shape index (κ3) is 3.89. The molecule has 10 heteroatoms. The summed E-state index contributed by atoms with van der Waals surface area (Å²) >= 11 is 0. The van der Waals surface area contributed by atoms with Gasteiger partial charge in [-0.25, -0.2) is 8.78 Å². The fraction of sp³-hybridized carbons (Fsp3) is 0.667. The van der Waals surface area contributed by atoms with Gasteiger partial charge in [0, 0.05) is 0 Å². The van der Waals surface area contributed by atoms with Crippen LogP contribution in [0.2, 0.25) is 0 Å². The van der Waals surface area contributed by atoms with E-state index < -0.39 is 65.4 Å². The second-order valence-corrected chi connectivity index (χ2v) is 6.75. The summed E-state index contributed by atoms with van der Waals surface area (Å²) in [6.45, 7) is 3.62. The Balaban J connectivity index is 2.69. The minimum atomic E-state index is -5.01. The number of alkyl halides is 3. The quantitative estimate of drug-likeness (QED) is 0.541. The van der Waals surface area contributed by atoms with Gasteiger partial charge in [-0.2, -0.15) is 26.9 Å². The van der Waals surface area contributed by atoms with Crippen molar-refractivity contribution in [3.05, 3.63) is 29.1 Å². The van der Waals surface area contributed by atoms with Gasteiger partial charge in [0.05, 0.1) is 24.9 Å². The lowest BCUT2D eigenvalue weighted by molar-refractivity contribution is -0.240. The fourth-order valence-electron chi connectivity index (χ4n) is 2.86. The Labute approximate surface area is 139 Å². The Morgan fingerprint density at radius 1 is 0.880 bits per heavy atom. The average Bonchev–Trinajstić information content (AvgIpc) is 2.67. The van der Waals surface area contributed by atoms with Gasteiger partial charge in [0.15, 0.2) is 11.6 Å². The van der Waals surface area contributed by atoms with Gasteiger partial charge >= 0.3 is 6.18 Å². The third-order valence-electron chi connectivity index (χ3n) is 3.88. The van der Waals surface area contributed by atoms with E-state index in [2.05, 4.69) is 4.98 Å². The minimum absolute atomic E-state index is 0.274. The zero-order chi connectivity index (χ0) is 19.2. The van der Waals surface area contributed by atoms with Crippen molar-refractivity contribution in [2.45, 2.75) is 39.2 Å². The van der Waals surface area contributed by atoms with Gasteiger partial charge < -0.3 is 9.47 Å². The van der Waals surface area contributed by atoms with Gasteiger partial charge in [0.25, 0.3) is 11.9 Å². The Bertz CT molecular complexity index is 616. The molecule has 25 heavy (non-hydrogen) atoms. The number of aromatic nitrogens is 1. The van der Waals surface area contributed by atoms with Crippen molar-refractivity contribution in [1.29, 1.82) is 0 Å². The maximum Gasteiger partial charge on any atom is 0.397 e. The molecule has 2 heterocycles. The molecule has 3 atom stereocenters. The van der Waals surface area contributed by atoms with Crippen molar-refractivity contribution in [2.24, 2.45) is 11.3 Å². The minimum Gasteiger partial charge on any atom is -0.375 e. The zero-order valence-electron chi connectivity index (χ0n) is 13.6. The fourth-order valence-corrected chi connectivity index (χ4v) is 2.86. The van der Waals surface area contributed by atoms with Crippen LogP contribution in [-0.4, -0.2) is 30.5 Å². The Kier molecular flexibility index (Phi) is 5.34. The Morgan fingerprint density at radius 3 is 1.80 bits per heavy atom. The van der Waals surface area contributed by atoms with Crippen molar-refractivity contribution in [3.8, 4) is 0 Å². The topological polar surface area (TPSA) is 31.4 Å². The first-order valence-corrected chi connectivity index (χ1v) is 7.35. The van der Waals surface area contributed by atoms with Crippen LogP contribution in [0.5, 0.6) is 0 Å². The molecule has 1 saturated heterocycles. The van der Waals surface area contributed by atoms with Crippen molar-refractivity contribution in [2.75, 3.05) is 13.2 Å². The molecule has 0 saturated carbocycles. The molecular formula is C15H16F7NO2. The number of hydrogen-bond acceptors (Lipinski definition) is 3. The zero-order valence-corrected chi connectivity index (χ0v) is 13.6. The normalized spacial score (nSPS) is 25.8. The van der Waals surface area contributed by atoms with Gasteiger partial charge in [-0.1, -0.05) is 20.8 Å². The van der Waals surface area contributed by atoms with E-state index in [9.17, 15) is 30.7 Å². The molecule has 0 amide bonds. The van der Waals surface area contributed by atoms with E-state index in [1.165, 1.54) is 20.8 Å². The maximum atomic E-state index is 14.0. The van der Waals surface area contributed by atoms with Crippen LogP contribution in [0.3, 0.4) is 0 Å². The molecule has 3 nitrogen and oxygen atoms in total. The number of hydrogen-bond donors (Lipinski definition) is 0. The summed E-state index contributed by atoms with van der Waals surface area (Å²) in [6, 6.07) is 0. The van der Waals surface area contributed by atoms with Crippen molar-refractivity contribution in [3.63, 3.8) is 0 Å². The summed E-state index contributed by atoms with van der Waals surface area (Å²) in [4.78, 5) is 2.36. The van der Waals surface area contributed by atoms with E-state index >= 15 is 0 Å². The van der Waals surface area contributed by atoms with Crippen LogP contribution in [0.1, 0.15) is 32.4 Å².